The third-order valence-electron chi connectivity index (χ3n) is 5.89. The Morgan fingerprint density at radius 2 is 1.89 bits per heavy atom. The molecule has 0 spiro atoms. The predicted molar refractivity (Wildman–Crippen MR) is 107 cm³/mol. The van der Waals surface area contributed by atoms with Gasteiger partial charge in [0.25, 0.3) is 0 Å². The van der Waals surface area contributed by atoms with E-state index in [0.29, 0.717) is 13.0 Å². The molecule has 0 radical (unpaired) electrons. The molecule has 1 heterocycles. The van der Waals surface area contributed by atoms with E-state index >= 15 is 0 Å². The molecular weight excluding hydrogens is 358 g/mol. The van der Waals surface area contributed by atoms with E-state index in [-0.39, 0.29) is 42.2 Å². The van der Waals surface area contributed by atoms with Crippen molar-refractivity contribution in [1.29, 1.82) is 0 Å². The summed E-state index contributed by atoms with van der Waals surface area (Å²) in [6, 6.07) is -0.612. The molecule has 2 rings (SSSR count). The second-order valence-electron chi connectivity index (χ2n) is 8.12. The zero-order chi connectivity index (χ0) is 20.8. The summed E-state index contributed by atoms with van der Waals surface area (Å²) in [6.45, 7) is 6.40. The number of rotatable bonds is 9. The molecule has 3 N–H and O–H groups in total. The normalized spacial score (nSPS) is 29.1. The number of carbonyl (C=O) groups is 3. The van der Waals surface area contributed by atoms with Crippen molar-refractivity contribution in [1.82, 2.24) is 15.5 Å². The zero-order valence-electron chi connectivity index (χ0n) is 17.5. The molecule has 0 aromatic rings. The van der Waals surface area contributed by atoms with Gasteiger partial charge in [0, 0.05) is 32.2 Å². The molecule has 0 saturated carbocycles. The average Bonchev–Trinajstić information content (AvgIpc) is 2.95. The SMILES string of the molecule is CC[C@@H]1C=C[C@H]2[C@@H](C(=O)N(CCCCCO)[C@@H]2C(=O)NC(C)C)[C@@H]1C(=O)NC. The predicted octanol–water partition coefficient (Wildman–Crippen LogP) is 1.08. The smallest absolute Gasteiger partial charge is 0.243 e. The van der Waals surface area contributed by atoms with Crippen LogP contribution in [0.1, 0.15) is 46.5 Å². The van der Waals surface area contributed by atoms with Crippen LogP contribution < -0.4 is 10.6 Å². The number of likely N-dealkylation sites (tertiary alicyclic amines) is 1. The molecule has 5 atom stereocenters. The molecule has 3 amide bonds. The van der Waals surface area contributed by atoms with E-state index in [1.807, 2.05) is 32.9 Å². The lowest BCUT2D eigenvalue weighted by atomic mass is 9.69. The molecule has 158 valence electrons. The van der Waals surface area contributed by atoms with Gasteiger partial charge >= 0.3 is 0 Å². The molecule has 0 aromatic carbocycles. The Hall–Kier alpha value is -1.89. The summed E-state index contributed by atoms with van der Waals surface area (Å²) < 4.78 is 0. The van der Waals surface area contributed by atoms with Crippen molar-refractivity contribution in [3.05, 3.63) is 12.2 Å². The maximum Gasteiger partial charge on any atom is 0.243 e. The number of amides is 3. The number of allylic oxidation sites excluding steroid dienone is 1. The molecule has 2 aliphatic rings. The Balaban J connectivity index is 2.35. The fourth-order valence-electron chi connectivity index (χ4n) is 4.59. The number of nitrogens with one attached hydrogen (secondary N) is 2. The van der Waals surface area contributed by atoms with Crippen LogP contribution in [0, 0.1) is 23.7 Å². The number of nitrogens with zero attached hydrogens (tertiary/aromatic N) is 1. The molecule has 0 bridgehead atoms. The lowest BCUT2D eigenvalue weighted by Gasteiger charge is -2.33. The topological polar surface area (TPSA) is 98.7 Å². The van der Waals surface area contributed by atoms with Crippen LogP contribution in [0.3, 0.4) is 0 Å². The molecule has 1 aliphatic carbocycles. The van der Waals surface area contributed by atoms with E-state index in [2.05, 4.69) is 10.6 Å². The fraction of sp³-hybridized carbons (Fsp3) is 0.762. The summed E-state index contributed by atoms with van der Waals surface area (Å²) in [5.74, 6) is -1.65. The Morgan fingerprint density at radius 3 is 2.46 bits per heavy atom. The maximum absolute atomic E-state index is 13.4. The molecule has 1 saturated heterocycles. The van der Waals surface area contributed by atoms with Gasteiger partial charge in [-0.05, 0) is 45.4 Å². The van der Waals surface area contributed by atoms with Crippen LogP contribution in [0.25, 0.3) is 0 Å². The van der Waals surface area contributed by atoms with Crippen LogP contribution >= 0.6 is 0 Å². The molecule has 7 heteroatoms. The summed E-state index contributed by atoms with van der Waals surface area (Å²) in [5.41, 5.74) is 0. The molecule has 0 aromatic heterocycles. The number of unbranched alkanes of at least 4 members (excludes halogenated alkanes) is 2. The average molecular weight is 394 g/mol. The Morgan fingerprint density at radius 1 is 1.18 bits per heavy atom. The van der Waals surface area contributed by atoms with Gasteiger partial charge in [-0.3, -0.25) is 14.4 Å². The minimum absolute atomic E-state index is 0.00620. The monoisotopic (exact) mass is 393 g/mol. The van der Waals surface area contributed by atoms with E-state index in [1.165, 1.54) is 0 Å². The van der Waals surface area contributed by atoms with Crippen molar-refractivity contribution >= 4 is 17.7 Å². The van der Waals surface area contributed by atoms with E-state index in [0.717, 1.165) is 19.3 Å². The highest BCUT2D eigenvalue weighted by Gasteiger charge is 2.56. The van der Waals surface area contributed by atoms with Crippen LogP contribution in [0.5, 0.6) is 0 Å². The number of hydrogen-bond acceptors (Lipinski definition) is 4. The number of fused-ring (bicyclic) bond motifs is 1. The first kappa shape index (κ1) is 22.4. The maximum atomic E-state index is 13.4. The van der Waals surface area contributed by atoms with Crippen molar-refractivity contribution in [2.75, 3.05) is 20.2 Å². The molecule has 7 nitrogen and oxygen atoms in total. The zero-order valence-corrected chi connectivity index (χ0v) is 17.5. The number of aliphatic hydroxyl groups is 1. The van der Waals surface area contributed by atoms with Gasteiger partial charge in [-0.2, -0.15) is 0 Å². The molecule has 1 fully saturated rings. The summed E-state index contributed by atoms with van der Waals surface area (Å²) in [4.78, 5) is 40.7. The quantitative estimate of drug-likeness (QED) is 0.403. The first-order valence-corrected chi connectivity index (χ1v) is 10.5. The highest BCUT2D eigenvalue weighted by molar-refractivity contribution is 5.96. The Kier molecular flexibility index (Phi) is 8.04. The van der Waals surface area contributed by atoms with Crippen molar-refractivity contribution in [2.24, 2.45) is 23.7 Å². The van der Waals surface area contributed by atoms with Crippen LogP contribution in [0.2, 0.25) is 0 Å². The van der Waals surface area contributed by atoms with E-state index < -0.39 is 17.9 Å². The van der Waals surface area contributed by atoms with E-state index in [4.69, 9.17) is 5.11 Å². The third-order valence-corrected chi connectivity index (χ3v) is 5.89. The van der Waals surface area contributed by atoms with Gasteiger partial charge < -0.3 is 20.6 Å². The van der Waals surface area contributed by atoms with Gasteiger partial charge in [-0.1, -0.05) is 19.1 Å². The lowest BCUT2D eigenvalue weighted by molar-refractivity contribution is -0.140. The number of aliphatic hydroxyl groups excluding tert-OH is 1. The molecule has 0 unspecified atom stereocenters. The highest BCUT2D eigenvalue weighted by Crippen LogP contribution is 2.44. The summed E-state index contributed by atoms with van der Waals surface area (Å²) in [6.07, 6.45) is 6.96. The van der Waals surface area contributed by atoms with Crippen LogP contribution in [0.15, 0.2) is 12.2 Å². The molecule has 1 aliphatic heterocycles. The summed E-state index contributed by atoms with van der Waals surface area (Å²) in [5, 5.41) is 14.7. The van der Waals surface area contributed by atoms with Gasteiger partial charge in [0.05, 0.1) is 11.8 Å². The first-order valence-electron chi connectivity index (χ1n) is 10.5. The summed E-state index contributed by atoms with van der Waals surface area (Å²) in [7, 11) is 1.59. The Labute approximate surface area is 167 Å². The number of carbonyl (C=O) groups excluding carboxylic acids is 3. The molecule has 28 heavy (non-hydrogen) atoms. The van der Waals surface area contributed by atoms with Crippen LogP contribution in [-0.2, 0) is 14.4 Å². The second kappa shape index (κ2) is 10.0. The van der Waals surface area contributed by atoms with Crippen molar-refractivity contribution in [3.8, 4) is 0 Å². The number of hydrogen-bond donors (Lipinski definition) is 3. The van der Waals surface area contributed by atoms with Gasteiger partial charge in [0.2, 0.25) is 17.7 Å². The van der Waals surface area contributed by atoms with Gasteiger partial charge in [-0.25, -0.2) is 0 Å². The van der Waals surface area contributed by atoms with Crippen molar-refractivity contribution in [2.45, 2.75) is 58.5 Å². The van der Waals surface area contributed by atoms with Crippen LogP contribution in [-0.4, -0.2) is 60.0 Å². The minimum Gasteiger partial charge on any atom is -0.396 e. The van der Waals surface area contributed by atoms with Gasteiger partial charge in [0.1, 0.15) is 6.04 Å². The van der Waals surface area contributed by atoms with E-state index in [1.54, 1.807) is 11.9 Å². The first-order chi connectivity index (χ1) is 13.4. The minimum atomic E-state index is -0.588. The highest BCUT2D eigenvalue weighted by atomic mass is 16.3. The van der Waals surface area contributed by atoms with Gasteiger partial charge in [0.15, 0.2) is 0 Å². The standard InChI is InChI=1S/C21H35N3O4/c1-5-14-9-10-15-17(16(14)19(26)22-4)21(28)24(11-7-6-8-12-25)18(15)20(27)23-13(2)3/h9-10,13-18,25H,5-8,11-12H2,1-4H3,(H,22,26)(H,23,27)/t14-,15+,16-,17-,18+/m1/s1. The van der Waals surface area contributed by atoms with Gasteiger partial charge in [-0.15, -0.1) is 0 Å². The summed E-state index contributed by atoms with van der Waals surface area (Å²) >= 11 is 0. The lowest BCUT2D eigenvalue weighted by Crippen LogP contribution is -2.49. The largest absolute Gasteiger partial charge is 0.396 e. The van der Waals surface area contributed by atoms with Crippen LogP contribution in [0.4, 0.5) is 0 Å². The molecular formula is C21H35N3O4. The van der Waals surface area contributed by atoms with Crippen molar-refractivity contribution < 1.29 is 19.5 Å². The fourth-order valence-corrected chi connectivity index (χ4v) is 4.59. The van der Waals surface area contributed by atoms with Crippen molar-refractivity contribution in [3.63, 3.8) is 0 Å². The van der Waals surface area contributed by atoms with E-state index in [9.17, 15) is 14.4 Å². The third kappa shape index (κ3) is 4.57. The Bertz CT molecular complexity index is 604. The second-order valence-corrected chi connectivity index (χ2v) is 8.12.